The molecule has 0 aliphatic rings. The van der Waals surface area contributed by atoms with Crippen LogP contribution in [0.25, 0.3) is 10.9 Å². The van der Waals surface area contributed by atoms with Gasteiger partial charge in [-0.05, 0) is 37.6 Å². The van der Waals surface area contributed by atoms with Crippen LogP contribution in [0, 0.1) is 13.8 Å². The van der Waals surface area contributed by atoms with Crippen LogP contribution >= 0.6 is 0 Å². The lowest BCUT2D eigenvalue weighted by Gasteiger charge is -2.08. The van der Waals surface area contributed by atoms with Gasteiger partial charge in [-0.2, -0.15) is 0 Å². The van der Waals surface area contributed by atoms with Crippen molar-refractivity contribution in [3.05, 3.63) is 29.5 Å². The van der Waals surface area contributed by atoms with Crippen LogP contribution in [0.2, 0.25) is 0 Å². The molecule has 1 aromatic heterocycles. The molecule has 0 fully saturated rings. The molecule has 0 aliphatic carbocycles. The lowest BCUT2D eigenvalue weighted by Crippen LogP contribution is -1.95. The van der Waals surface area contributed by atoms with Crippen molar-refractivity contribution in [3.63, 3.8) is 0 Å². The summed E-state index contributed by atoms with van der Waals surface area (Å²) in [6.45, 7) is 3.95. The number of ether oxygens (including phenoxy) is 1. The zero-order chi connectivity index (χ0) is 11.0. The minimum atomic E-state index is 0.750. The van der Waals surface area contributed by atoms with Crippen molar-refractivity contribution in [3.8, 4) is 5.75 Å². The molecule has 3 heteroatoms. The van der Waals surface area contributed by atoms with Crippen LogP contribution in [0.1, 0.15) is 11.3 Å². The minimum Gasteiger partial charge on any atom is -0.497 e. The number of aromatic nitrogens is 1. The smallest absolute Gasteiger partial charge is 0.119 e. The van der Waals surface area contributed by atoms with Crippen molar-refractivity contribution in [2.75, 3.05) is 12.8 Å². The Hall–Kier alpha value is -1.77. The number of nitrogens with zero attached hydrogens (tertiary/aromatic N) is 1. The minimum absolute atomic E-state index is 0.750. The summed E-state index contributed by atoms with van der Waals surface area (Å²) in [6, 6.07) is 5.76. The number of rotatable bonds is 1. The highest BCUT2D eigenvalue weighted by Crippen LogP contribution is 2.28. The number of fused-ring (bicyclic) bond motifs is 1. The van der Waals surface area contributed by atoms with Crippen LogP contribution in [0.3, 0.4) is 0 Å². The molecule has 0 aliphatic heterocycles. The lowest BCUT2D eigenvalue weighted by atomic mass is 10.1. The SMILES string of the molecule is COc1cc(C)c2nc(C)cc(N)c2c1. The fourth-order valence-electron chi connectivity index (χ4n) is 1.74. The van der Waals surface area contributed by atoms with Gasteiger partial charge in [-0.15, -0.1) is 0 Å². The third-order valence-corrected chi connectivity index (χ3v) is 2.47. The van der Waals surface area contributed by atoms with Gasteiger partial charge in [0.25, 0.3) is 0 Å². The predicted octanol–water partition coefficient (Wildman–Crippen LogP) is 2.44. The van der Waals surface area contributed by atoms with Crippen molar-refractivity contribution < 1.29 is 4.74 Å². The van der Waals surface area contributed by atoms with Gasteiger partial charge < -0.3 is 10.5 Å². The molecule has 2 aromatic rings. The molecule has 78 valence electrons. The van der Waals surface area contributed by atoms with Gasteiger partial charge in [-0.1, -0.05) is 0 Å². The number of pyridine rings is 1. The first-order chi connectivity index (χ1) is 7.11. The Bertz CT molecular complexity index is 521. The molecule has 3 nitrogen and oxygen atoms in total. The number of nitrogen functional groups attached to an aromatic ring is 1. The highest BCUT2D eigenvalue weighted by Gasteiger charge is 2.06. The Morgan fingerprint density at radius 2 is 1.93 bits per heavy atom. The molecule has 2 N–H and O–H groups in total. The fourth-order valence-corrected chi connectivity index (χ4v) is 1.74. The molecule has 0 atom stereocenters. The molecule has 1 aromatic carbocycles. The second-order valence-electron chi connectivity index (χ2n) is 3.69. The molecule has 1 heterocycles. The topological polar surface area (TPSA) is 48.1 Å². The number of hydrogen-bond acceptors (Lipinski definition) is 3. The predicted molar refractivity (Wildman–Crippen MR) is 62.2 cm³/mol. The number of hydrogen-bond donors (Lipinski definition) is 1. The molecule has 2 rings (SSSR count). The Kier molecular flexibility index (Phi) is 2.23. The zero-order valence-electron chi connectivity index (χ0n) is 9.16. The second-order valence-corrected chi connectivity index (χ2v) is 3.69. The van der Waals surface area contributed by atoms with E-state index < -0.39 is 0 Å². The summed E-state index contributed by atoms with van der Waals surface area (Å²) in [6.07, 6.45) is 0. The standard InChI is InChI=1S/C12H14N2O/c1-7-4-9(15-3)6-10-11(13)5-8(2)14-12(7)10/h4-6H,1-3H3,(H2,13,14). The first kappa shape index (κ1) is 9.77. The molecule has 0 saturated heterocycles. The Labute approximate surface area is 88.9 Å². The molecule has 0 amide bonds. The summed E-state index contributed by atoms with van der Waals surface area (Å²) in [5.41, 5.74) is 9.68. The van der Waals surface area contributed by atoms with E-state index in [9.17, 15) is 0 Å². The first-order valence-corrected chi connectivity index (χ1v) is 4.83. The number of anilines is 1. The number of nitrogens with two attached hydrogens (primary N) is 1. The van der Waals surface area contributed by atoms with Crippen LogP contribution in [0.5, 0.6) is 5.75 Å². The summed E-state index contributed by atoms with van der Waals surface area (Å²) < 4.78 is 5.21. The third kappa shape index (κ3) is 1.61. The summed E-state index contributed by atoms with van der Waals surface area (Å²) in [5.74, 6) is 0.817. The molecule has 0 radical (unpaired) electrons. The number of methoxy groups -OCH3 is 1. The van der Waals surface area contributed by atoms with Crippen LogP contribution in [0.15, 0.2) is 18.2 Å². The summed E-state index contributed by atoms with van der Waals surface area (Å²) >= 11 is 0. The van der Waals surface area contributed by atoms with Gasteiger partial charge in [0.05, 0.1) is 12.6 Å². The molecule has 0 saturated carbocycles. The third-order valence-electron chi connectivity index (χ3n) is 2.47. The van der Waals surface area contributed by atoms with E-state index in [1.165, 1.54) is 0 Å². The van der Waals surface area contributed by atoms with E-state index in [4.69, 9.17) is 10.5 Å². The molecule has 0 bridgehead atoms. The quantitative estimate of drug-likeness (QED) is 0.772. The maximum atomic E-state index is 5.95. The van der Waals surface area contributed by atoms with E-state index in [2.05, 4.69) is 4.98 Å². The molecule has 0 unspecified atom stereocenters. The summed E-state index contributed by atoms with van der Waals surface area (Å²) in [7, 11) is 1.65. The second kappa shape index (κ2) is 3.42. The van der Waals surface area contributed by atoms with Crippen molar-refractivity contribution >= 4 is 16.6 Å². The van der Waals surface area contributed by atoms with Crippen molar-refractivity contribution in [1.82, 2.24) is 4.98 Å². The lowest BCUT2D eigenvalue weighted by molar-refractivity contribution is 0.415. The average Bonchev–Trinajstić information content (AvgIpc) is 2.19. The summed E-state index contributed by atoms with van der Waals surface area (Å²) in [4.78, 5) is 4.48. The van der Waals surface area contributed by atoms with Crippen LogP contribution in [-0.4, -0.2) is 12.1 Å². The maximum absolute atomic E-state index is 5.95. The molecule has 15 heavy (non-hydrogen) atoms. The highest BCUT2D eigenvalue weighted by atomic mass is 16.5. The van der Waals surface area contributed by atoms with E-state index in [0.717, 1.165) is 33.6 Å². The Morgan fingerprint density at radius 1 is 1.20 bits per heavy atom. The Morgan fingerprint density at radius 3 is 2.60 bits per heavy atom. The highest BCUT2D eigenvalue weighted by molar-refractivity contribution is 5.93. The van der Waals surface area contributed by atoms with Gasteiger partial charge >= 0.3 is 0 Å². The fraction of sp³-hybridized carbons (Fsp3) is 0.250. The van der Waals surface area contributed by atoms with E-state index in [1.54, 1.807) is 7.11 Å². The van der Waals surface area contributed by atoms with Gasteiger partial charge in [0.1, 0.15) is 5.75 Å². The molecule has 0 spiro atoms. The molecular weight excluding hydrogens is 188 g/mol. The van der Waals surface area contributed by atoms with E-state index in [0.29, 0.717) is 0 Å². The largest absolute Gasteiger partial charge is 0.497 e. The van der Waals surface area contributed by atoms with E-state index >= 15 is 0 Å². The zero-order valence-corrected chi connectivity index (χ0v) is 9.16. The first-order valence-electron chi connectivity index (χ1n) is 4.83. The monoisotopic (exact) mass is 202 g/mol. The summed E-state index contributed by atoms with van der Waals surface area (Å²) in [5, 5.41) is 0.956. The normalized spacial score (nSPS) is 10.6. The van der Waals surface area contributed by atoms with E-state index in [1.807, 2.05) is 32.0 Å². The van der Waals surface area contributed by atoms with Crippen LogP contribution in [-0.2, 0) is 0 Å². The van der Waals surface area contributed by atoms with Gasteiger partial charge in [-0.3, -0.25) is 4.98 Å². The number of benzene rings is 1. The Balaban J connectivity index is 2.85. The van der Waals surface area contributed by atoms with Crippen LogP contribution in [0.4, 0.5) is 5.69 Å². The van der Waals surface area contributed by atoms with Gasteiger partial charge in [0.2, 0.25) is 0 Å². The van der Waals surface area contributed by atoms with E-state index in [-0.39, 0.29) is 0 Å². The van der Waals surface area contributed by atoms with Gasteiger partial charge in [-0.25, -0.2) is 0 Å². The van der Waals surface area contributed by atoms with Crippen molar-refractivity contribution in [1.29, 1.82) is 0 Å². The van der Waals surface area contributed by atoms with Gasteiger partial charge in [0.15, 0.2) is 0 Å². The average molecular weight is 202 g/mol. The number of aryl methyl sites for hydroxylation is 2. The molecular formula is C12H14N2O. The maximum Gasteiger partial charge on any atom is 0.119 e. The van der Waals surface area contributed by atoms with Crippen molar-refractivity contribution in [2.45, 2.75) is 13.8 Å². The van der Waals surface area contributed by atoms with Crippen molar-refractivity contribution in [2.24, 2.45) is 0 Å². The van der Waals surface area contributed by atoms with Crippen LogP contribution < -0.4 is 10.5 Å². The van der Waals surface area contributed by atoms with Gasteiger partial charge in [0, 0.05) is 16.8 Å².